The van der Waals surface area contributed by atoms with Crippen molar-refractivity contribution in [2.75, 3.05) is 0 Å². The highest BCUT2D eigenvalue weighted by Crippen LogP contribution is 2.64. The maximum Gasteiger partial charge on any atom is 0.460 e. The number of nitrogens with one attached hydrogen (secondary N) is 2. The van der Waals surface area contributed by atoms with Crippen LogP contribution >= 0.6 is 0 Å². The smallest absolute Gasteiger partial charge is 0.390 e. The molecule has 0 aromatic carbocycles. The van der Waals surface area contributed by atoms with Crippen LogP contribution in [0.4, 0.5) is 74.6 Å². The van der Waals surface area contributed by atoms with Crippen molar-refractivity contribution in [2.45, 2.75) is 105 Å². The third-order valence-corrected chi connectivity index (χ3v) is 7.53. The van der Waals surface area contributed by atoms with Crippen molar-refractivity contribution >= 4 is 5.91 Å². The van der Waals surface area contributed by atoms with Crippen LogP contribution in [0.5, 0.6) is 0 Å². The quantitative estimate of drug-likeness (QED) is 0.244. The second-order valence-electron chi connectivity index (χ2n) is 11.3. The van der Waals surface area contributed by atoms with Crippen LogP contribution in [0.15, 0.2) is 22.0 Å². The van der Waals surface area contributed by atoms with E-state index in [1.165, 1.54) is 13.1 Å². The van der Waals surface area contributed by atoms with E-state index in [2.05, 4.69) is 10.3 Å². The summed E-state index contributed by atoms with van der Waals surface area (Å²) >= 11 is 0. The van der Waals surface area contributed by atoms with Crippen LogP contribution in [-0.4, -0.2) is 95.4 Å². The van der Waals surface area contributed by atoms with Crippen molar-refractivity contribution in [1.82, 2.24) is 29.9 Å². The van der Waals surface area contributed by atoms with E-state index in [9.17, 15) is 94.1 Å². The van der Waals surface area contributed by atoms with Gasteiger partial charge in [0.1, 0.15) is 18.0 Å². The standard InChI is InChI=1S/C24H21F17N6O5/c1-9-6-47(16(51)43-15(9)50)14-4-11(48)12(52-14)8-46-7-10(44-45-46)5-42-13(49)2-3-17(25,26)18(27,28)19(29,30)20(31,32)21(33,34)22(35,36)23(37,38)24(39,40)41/h6-7,11-12,14,48H,2-5,8H2,1H3,(H,42,49)(H,43,50,51)/t11-,12+,14+/m0/s1. The van der Waals surface area contributed by atoms with Gasteiger partial charge in [0.2, 0.25) is 5.91 Å². The monoisotopic (exact) mass is 796 g/mol. The lowest BCUT2D eigenvalue weighted by atomic mass is 9.88. The fourth-order valence-electron chi connectivity index (χ4n) is 4.44. The third-order valence-electron chi connectivity index (χ3n) is 7.53. The SMILES string of the molecule is Cc1cn([C@H]2C[C@H](O)[C@@H](Cn3cc(CNC(=O)CCC(F)(F)C(F)(F)C(F)(F)C(F)(F)C(F)(F)C(F)(F)C(F)(F)C(F)(F)F)nn3)O2)c(=O)[nH]c1=O. The minimum Gasteiger partial charge on any atom is -0.390 e. The summed E-state index contributed by atoms with van der Waals surface area (Å²) < 4.78 is 235. The first-order chi connectivity index (χ1) is 23.3. The van der Waals surface area contributed by atoms with Crippen LogP contribution in [0.2, 0.25) is 0 Å². The van der Waals surface area contributed by atoms with Crippen molar-refractivity contribution in [3.63, 3.8) is 0 Å². The highest BCUT2D eigenvalue weighted by atomic mass is 19.4. The second kappa shape index (κ2) is 13.5. The summed E-state index contributed by atoms with van der Waals surface area (Å²) in [4.78, 5) is 37.6. The third kappa shape index (κ3) is 7.05. The zero-order valence-corrected chi connectivity index (χ0v) is 25.2. The van der Waals surface area contributed by atoms with E-state index >= 15 is 0 Å². The predicted octanol–water partition coefficient (Wildman–Crippen LogP) is 4.19. The topological polar surface area (TPSA) is 144 Å². The molecule has 11 nitrogen and oxygen atoms in total. The van der Waals surface area contributed by atoms with Crippen molar-refractivity contribution in [3.05, 3.63) is 44.5 Å². The molecule has 3 atom stereocenters. The molecule has 1 aliphatic heterocycles. The van der Waals surface area contributed by atoms with Crippen molar-refractivity contribution in [3.8, 4) is 0 Å². The maximum atomic E-state index is 14.1. The first-order valence-electron chi connectivity index (χ1n) is 13.8. The van der Waals surface area contributed by atoms with Gasteiger partial charge in [-0.2, -0.15) is 74.6 Å². The highest BCUT2D eigenvalue weighted by Gasteiger charge is 2.95. The molecule has 1 aliphatic rings. The molecule has 3 N–H and O–H groups in total. The molecule has 3 rings (SSSR count). The van der Waals surface area contributed by atoms with E-state index in [0.29, 0.717) is 0 Å². The van der Waals surface area contributed by atoms with Crippen LogP contribution in [0.25, 0.3) is 0 Å². The number of ether oxygens (including phenoxy) is 1. The van der Waals surface area contributed by atoms with E-state index in [1.807, 2.05) is 4.98 Å². The lowest BCUT2D eigenvalue weighted by molar-refractivity contribution is -0.461. The predicted molar refractivity (Wildman–Crippen MR) is 132 cm³/mol. The number of hydrogen-bond acceptors (Lipinski definition) is 7. The fraction of sp³-hybridized carbons (Fsp3) is 0.708. The molecule has 1 saturated heterocycles. The van der Waals surface area contributed by atoms with Gasteiger partial charge in [0.15, 0.2) is 0 Å². The van der Waals surface area contributed by atoms with E-state index < -0.39 is 103 Å². The highest BCUT2D eigenvalue weighted by molar-refractivity contribution is 5.75. The minimum atomic E-state index is -8.75. The van der Waals surface area contributed by atoms with E-state index in [-0.39, 0.29) is 24.2 Å². The molecule has 0 unspecified atom stereocenters. The van der Waals surface area contributed by atoms with Crippen LogP contribution in [0.1, 0.15) is 36.7 Å². The number of H-pyrrole nitrogens is 1. The van der Waals surface area contributed by atoms with Gasteiger partial charge in [0, 0.05) is 31.0 Å². The lowest BCUT2D eigenvalue weighted by Gasteiger charge is -2.42. The van der Waals surface area contributed by atoms with Gasteiger partial charge in [0.25, 0.3) is 5.56 Å². The van der Waals surface area contributed by atoms with Gasteiger partial charge in [-0.05, 0) is 6.92 Å². The summed E-state index contributed by atoms with van der Waals surface area (Å²) in [5.74, 6) is -59.2. The Labute approximate surface area is 275 Å². The molecular formula is C24H21F17N6O5. The number of aliphatic hydroxyl groups excluding tert-OH is 1. The molecule has 1 fully saturated rings. The molecule has 28 heteroatoms. The van der Waals surface area contributed by atoms with Gasteiger partial charge in [0.05, 0.1) is 25.4 Å². The Balaban J connectivity index is 1.64. The number of carbonyl (C=O) groups excluding carboxylic acids is 1. The molecule has 3 heterocycles. The second-order valence-corrected chi connectivity index (χ2v) is 11.3. The number of aryl methyl sites for hydroxylation is 1. The number of halogens is 17. The number of alkyl halides is 17. The van der Waals surface area contributed by atoms with E-state index in [4.69, 9.17) is 4.74 Å². The first kappa shape index (κ1) is 42.4. The first-order valence-corrected chi connectivity index (χ1v) is 13.8. The van der Waals surface area contributed by atoms with Gasteiger partial charge < -0.3 is 15.2 Å². The molecule has 0 saturated carbocycles. The molecule has 1 amide bonds. The molecule has 52 heavy (non-hydrogen) atoms. The van der Waals surface area contributed by atoms with E-state index in [1.54, 1.807) is 5.32 Å². The van der Waals surface area contributed by atoms with Gasteiger partial charge in [-0.25, -0.2) is 9.48 Å². The average molecular weight is 796 g/mol. The Kier molecular flexibility index (Phi) is 11.0. The fourth-order valence-corrected chi connectivity index (χ4v) is 4.44. The van der Waals surface area contributed by atoms with E-state index in [0.717, 1.165) is 15.4 Å². The number of hydrogen-bond donors (Lipinski definition) is 3. The zero-order chi connectivity index (χ0) is 40.3. The largest absolute Gasteiger partial charge is 0.460 e. The Hall–Kier alpha value is -3.98. The summed E-state index contributed by atoms with van der Waals surface area (Å²) in [5.41, 5.74) is -1.66. The Bertz CT molecular complexity index is 1740. The van der Waals surface area contributed by atoms with Gasteiger partial charge >= 0.3 is 53.3 Å². The van der Waals surface area contributed by atoms with Gasteiger partial charge in [-0.1, -0.05) is 5.21 Å². The number of nitrogens with zero attached hydrogens (tertiary/aromatic N) is 4. The van der Waals surface area contributed by atoms with Gasteiger partial charge in [-0.3, -0.25) is 19.1 Å². The Morgan fingerprint density at radius 2 is 1.38 bits per heavy atom. The number of aromatic nitrogens is 5. The van der Waals surface area contributed by atoms with Crippen LogP contribution in [0.3, 0.4) is 0 Å². The van der Waals surface area contributed by atoms with Crippen LogP contribution in [0, 0.1) is 6.92 Å². The van der Waals surface area contributed by atoms with Crippen LogP contribution < -0.4 is 16.6 Å². The minimum absolute atomic E-state index is 0.131. The van der Waals surface area contributed by atoms with Gasteiger partial charge in [-0.15, -0.1) is 5.10 Å². The van der Waals surface area contributed by atoms with Crippen molar-refractivity contribution in [2.24, 2.45) is 0 Å². The number of carbonyl (C=O) groups is 1. The number of rotatable bonds is 14. The summed E-state index contributed by atoms with van der Waals surface area (Å²) in [7, 11) is 0. The number of amides is 1. The normalized spacial score (nSPS) is 20.0. The molecule has 0 radical (unpaired) electrons. The molecular weight excluding hydrogens is 775 g/mol. The Morgan fingerprint density at radius 3 is 1.92 bits per heavy atom. The summed E-state index contributed by atoms with van der Waals surface area (Å²) in [6.45, 7) is 0.271. The molecule has 296 valence electrons. The Morgan fingerprint density at radius 1 is 0.865 bits per heavy atom. The molecule has 0 spiro atoms. The molecule has 0 bridgehead atoms. The number of aliphatic hydroxyl groups is 1. The summed E-state index contributed by atoms with van der Waals surface area (Å²) in [5, 5.41) is 19.1. The molecule has 0 aliphatic carbocycles. The molecule has 2 aromatic rings. The van der Waals surface area contributed by atoms with Crippen molar-refractivity contribution < 1.29 is 89.3 Å². The van der Waals surface area contributed by atoms with Crippen LogP contribution in [-0.2, 0) is 22.6 Å². The number of aromatic amines is 1. The zero-order valence-electron chi connectivity index (χ0n) is 25.2. The summed E-state index contributed by atoms with van der Waals surface area (Å²) in [6.07, 6.45) is -14.1. The molecule has 2 aromatic heterocycles. The van der Waals surface area contributed by atoms with Crippen molar-refractivity contribution in [1.29, 1.82) is 0 Å². The average Bonchev–Trinajstić information content (AvgIpc) is 3.61. The maximum absolute atomic E-state index is 14.1. The summed E-state index contributed by atoms with van der Waals surface area (Å²) in [6, 6.07) is 0. The lowest BCUT2D eigenvalue weighted by Crippen LogP contribution is -2.74.